The highest BCUT2D eigenvalue weighted by Gasteiger charge is 2.36. The highest BCUT2D eigenvalue weighted by Crippen LogP contribution is 2.39. The van der Waals surface area contributed by atoms with Gasteiger partial charge in [-0.2, -0.15) is 0 Å². The third kappa shape index (κ3) is 7.79. The number of benzene rings is 3. The zero-order chi connectivity index (χ0) is 28.6. The summed E-state index contributed by atoms with van der Waals surface area (Å²) in [5.41, 5.74) is 2.19. The monoisotopic (exact) mass is 736 g/mol. The summed E-state index contributed by atoms with van der Waals surface area (Å²) < 4.78 is 19.0. The number of carbonyl (C=O) groups is 3. The molecule has 8 nitrogen and oxygen atoms in total. The Morgan fingerprint density at radius 1 is 1.00 bits per heavy atom. The van der Waals surface area contributed by atoms with Crippen LogP contribution >= 0.6 is 50.3 Å². The molecule has 1 N–H and O–H groups in total. The first-order valence-corrected chi connectivity index (χ1v) is 15.1. The summed E-state index contributed by atoms with van der Waals surface area (Å²) in [4.78, 5) is 39.3. The molecule has 0 saturated carbocycles. The average molecular weight is 737 g/mol. The van der Waals surface area contributed by atoms with E-state index < -0.39 is 23.6 Å². The molecule has 0 radical (unpaired) electrons. The minimum absolute atomic E-state index is 0.209. The molecule has 3 aromatic rings. The third-order valence-electron chi connectivity index (χ3n) is 5.55. The number of hydrogen-bond donors (Lipinski definition) is 1. The summed E-state index contributed by atoms with van der Waals surface area (Å²) >= 11 is 6.59. The molecule has 0 aromatic heterocycles. The molecule has 1 saturated heterocycles. The van der Waals surface area contributed by atoms with Crippen molar-refractivity contribution in [3.8, 4) is 17.2 Å². The standard InChI is InChI=1S/C29H26BrIN2O6S/c1-3-37-22-11-9-21(10-12-22)32-26(34)16-33-28(35)25(40-29(33)36)15-19-13-23(30)27(24(14-19)38-4-2)39-17-18-5-7-20(31)8-6-18/h5-15H,3-4,16-17H2,1-2H3,(H,32,34)/b25-15+. The van der Waals surface area contributed by atoms with E-state index in [1.807, 2.05) is 38.1 Å². The molecule has 4 rings (SSSR count). The smallest absolute Gasteiger partial charge is 0.294 e. The predicted molar refractivity (Wildman–Crippen MR) is 168 cm³/mol. The summed E-state index contributed by atoms with van der Waals surface area (Å²) in [6, 6.07) is 18.4. The lowest BCUT2D eigenvalue weighted by molar-refractivity contribution is -0.127. The van der Waals surface area contributed by atoms with E-state index in [0.29, 0.717) is 52.8 Å². The van der Waals surface area contributed by atoms with Gasteiger partial charge in [0, 0.05) is 9.26 Å². The highest BCUT2D eigenvalue weighted by atomic mass is 127. The van der Waals surface area contributed by atoms with Gasteiger partial charge in [0.25, 0.3) is 11.1 Å². The average Bonchev–Trinajstić information content (AvgIpc) is 3.18. The van der Waals surface area contributed by atoms with Gasteiger partial charge in [-0.15, -0.1) is 0 Å². The van der Waals surface area contributed by atoms with E-state index >= 15 is 0 Å². The van der Waals surface area contributed by atoms with E-state index in [9.17, 15) is 14.4 Å². The molecule has 0 atom stereocenters. The molecule has 0 spiro atoms. The van der Waals surface area contributed by atoms with Gasteiger partial charge in [0.15, 0.2) is 11.5 Å². The van der Waals surface area contributed by atoms with Crippen LogP contribution in [0.5, 0.6) is 17.2 Å². The van der Waals surface area contributed by atoms with Crippen molar-refractivity contribution in [3.63, 3.8) is 0 Å². The predicted octanol–water partition coefficient (Wildman–Crippen LogP) is 7.11. The normalized spacial score (nSPS) is 14.0. The Bertz CT molecular complexity index is 1430. The number of nitrogens with zero attached hydrogens (tertiary/aromatic N) is 1. The summed E-state index contributed by atoms with van der Waals surface area (Å²) in [5, 5.41) is 2.18. The van der Waals surface area contributed by atoms with E-state index in [1.165, 1.54) is 0 Å². The lowest BCUT2D eigenvalue weighted by Gasteiger charge is -2.15. The quantitative estimate of drug-likeness (QED) is 0.166. The number of halogens is 2. The second kappa shape index (κ2) is 14.0. The Morgan fingerprint density at radius 2 is 1.70 bits per heavy atom. The topological polar surface area (TPSA) is 94.2 Å². The molecule has 208 valence electrons. The number of rotatable bonds is 11. The summed E-state index contributed by atoms with van der Waals surface area (Å²) in [6.07, 6.45) is 1.60. The third-order valence-corrected chi connectivity index (χ3v) is 7.77. The number of imide groups is 1. The molecular formula is C29H26BrIN2O6S. The van der Waals surface area contributed by atoms with Crippen LogP contribution in [-0.2, 0) is 16.2 Å². The lowest BCUT2D eigenvalue weighted by Crippen LogP contribution is -2.36. The first kappa shape index (κ1) is 29.9. The molecule has 1 aliphatic rings. The van der Waals surface area contributed by atoms with Crippen molar-refractivity contribution >= 4 is 79.1 Å². The molecule has 40 heavy (non-hydrogen) atoms. The Balaban J connectivity index is 1.45. The van der Waals surface area contributed by atoms with E-state index in [2.05, 4.69) is 43.8 Å². The van der Waals surface area contributed by atoms with E-state index in [1.54, 1.807) is 42.5 Å². The first-order chi connectivity index (χ1) is 19.3. The molecule has 1 fully saturated rings. The van der Waals surface area contributed by atoms with E-state index in [4.69, 9.17) is 14.2 Å². The van der Waals surface area contributed by atoms with Crippen LogP contribution in [0.2, 0.25) is 0 Å². The van der Waals surface area contributed by atoms with Gasteiger partial charge < -0.3 is 19.5 Å². The van der Waals surface area contributed by atoms with Crippen LogP contribution in [0.1, 0.15) is 25.0 Å². The van der Waals surface area contributed by atoms with Gasteiger partial charge >= 0.3 is 0 Å². The Labute approximate surface area is 258 Å². The van der Waals surface area contributed by atoms with Gasteiger partial charge in [-0.3, -0.25) is 19.3 Å². The Hall–Kier alpha value is -3.03. The number of anilines is 1. The fraction of sp³-hybridized carbons (Fsp3) is 0.207. The largest absolute Gasteiger partial charge is 0.494 e. The lowest BCUT2D eigenvalue weighted by atomic mass is 10.1. The maximum atomic E-state index is 13.0. The molecule has 0 bridgehead atoms. The molecule has 1 heterocycles. The van der Waals surface area contributed by atoms with Crippen molar-refractivity contribution in [1.29, 1.82) is 0 Å². The van der Waals surface area contributed by atoms with Crippen LogP contribution in [0, 0.1) is 3.57 Å². The van der Waals surface area contributed by atoms with Crippen LogP contribution in [0.3, 0.4) is 0 Å². The second-order valence-corrected chi connectivity index (χ2v) is 11.5. The number of amides is 3. The van der Waals surface area contributed by atoms with Gasteiger partial charge in [0.1, 0.15) is 18.9 Å². The molecule has 3 aromatic carbocycles. The minimum Gasteiger partial charge on any atom is -0.494 e. The first-order valence-electron chi connectivity index (χ1n) is 12.4. The Morgan fingerprint density at radius 3 is 2.38 bits per heavy atom. The number of ether oxygens (including phenoxy) is 3. The van der Waals surface area contributed by atoms with Crippen LogP contribution in [-0.4, -0.2) is 41.7 Å². The van der Waals surface area contributed by atoms with Crippen molar-refractivity contribution in [2.24, 2.45) is 0 Å². The molecule has 11 heteroatoms. The van der Waals surface area contributed by atoms with Crippen molar-refractivity contribution in [1.82, 2.24) is 4.90 Å². The van der Waals surface area contributed by atoms with Crippen molar-refractivity contribution in [3.05, 3.63) is 84.7 Å². The fourth-order valence-electron chi connectivity index (χ4n) is 3.74. The van der Waals surface area contributed by atoms with E-state index in [-0.39, 0.29) is 4.91 Å². The van der Waals surface area contributed by atoms with Gasteiger partial charge in [0.2, 0.25) is 5.91 Å². The van der Waals surface area contributed by atoms with Gasteiger partial charge in [-0.1, -0.05) is 12.1 Å². The number of carbonyl (C=O) groups excluding carboxylic acids is 3. The molecule has 0 unspecified atom stereocenters. The summed E-state index contributed by atoms with van der Waals surface area (Å²) in [6.45, 7) is 4.66. The van der Waals surface area contributed by atoms with Crippen molar-refractivity contribution < 1.29 is 28.6 Å². The molecule has 0 aliphatic carbocycles. The highest BCUT2D eigenvalue weighted by molar-refractivity contribution is 14.1. The Kier molecular flexibility index (Phi) is 10.5. The van der Waals surface area contributed by atoms with Crippen LogP contribution in [0.4, 0.5) is 10.5 Å². The molecule has 1 aliphatic heterocycles. The fourth-order valence-corrected chi connectivity index (χ4v) is 5.52. The number of nitrogens with one attached hydrogen (secondary N) is 1. The van der Waals surface area contributed by atoms with Gasteiger partial charge in [0.05, 0.1) is 22.6 Å². The number of thioether (sulfide) groups is 1. The number of hydrogen-bond acceptors (Lipinski definition) is 7. The maximum absolute atomic E-state index is 13.0. The summed E-state index contributed by atoms with van der Waals surface area (Å²) in [7, 11) is 0. The zero-order valence-electron chi connectivity index (χ0n) is 21.7. The minimum atomic E-state index is -0.537. The van der Waals surface area contributed by atoms with E-state index in [0.717, 1.165) is 25.8 Å². The van der Waals surface area contributed by atoms with Crippen LogP contribution in [0.25, 0.3) is 6.08 Å². The van der Waals surface area contributed by atoms with Gasteiger partial charge in [-0.05, 0) is 130 Å². The van der Waals surface area contributed by atoms with Crippen molar-refractivity contribution in [2.75, 3.05) is 25.1 Å². The maximum Gasteiger partial charge on any atom is 0.294 e. The molecule has 3 amide bonds. The summed E-state index contributed by atoms with van der Waals surface area (Å²) in [5.74, 6) is 0.703. The van der Waals surface area contributed by atoms with Gasteiger partial charge in [-0.25, -0.2) is 0 Å². The SMILES string of the molecule is CCOc1ccc(NC(=O)CN2C(=O)S/C(=C/c3cc(Br)c(OCc4ccc(I)cc4)c(OCC)c3)C2=O)cc1. The van der Waals surface area contributed by atoms with Crippen molar-refractivity contribution in [2.45, 2.75) is 20.5 Å². The van der Waals surface area contributed by atoms with Crippen LogP contribution < -0.4 is 19.5 Å². The zero-order valence-corrected chi connectivity index (χ0v) is 26.3. The second-order valence-electron chi connectivity index (χ2n) is 8.45. The molecular weight excluding hydrogens is 711 g/mol. The van der Waals surface area contributed by atoms with Crippen LogP contribution in [0.15, 0.2) is 70.0 Å².